The highest BCUT2D eigenvalue weighted by molar-refractivity contribution is 6.21. The maximum Gasteiger partial charge on any atom is 0.338 e. The molecule has 3 amide bonds. The molecule has 0 atom stereocenters. The van der Waals surface area contributed by atoms with Gasteiger partial charge in [-0.3, -0.25) is 19.3 Å². The van der Waals surface area contributed by atoms with Crippen LogP contribution < -0.4 is 5.32 Å². The molecule has 0 aromatic heterocycles. The van der Waals surface area contributed by atoms with Crippen molar-refractivity contribution in [2.45, 2.75) is 38.3 Å². The molecule has 30 heavy (non-hydrogen) atoms. The number of fused-ring (bicyclic) bond motifs is 1. The fraction of sp³-hybridized carbons (Fsp3) is 0.304. The number of carbonyl (C=O) groups is 4. The van der Waals surface area contributed by atoms with Crippen LogP contribution in [-0.2, 0) is 16.1 Å². The Morgan fingerprint density at radius 2 is 1.63 bits per heavy atom. The van der Waals surface area contributed by atoms with Crippen molar-refractivity contribution in [2.24, 2.45) is 0 Å². The zero-order valence-electron chi connectivity index (χ0n) is 16.4. The minimum Gasteiger partial charge on any atom is -0.452 e. The highest BCUT2D eigenvalue weighted by Gasteiger charge is 2.35. The highest BCUT2D eigenvalue weighted by atomic mass is 16.5. The number of benzene rings is 2. The highest BCUT2D eigenvalue weighted by Crippen LogP contribution is 2.24. The Morgan fingerprint density at radius 3 is 2.30 bits per heavy atom. The Balaban J connectivity index is 1.37. The zero-order chi connectivity index (χ0) is 21.1. The fourth-order valence-corrected chi connectivity index (χ4v) is 3.92. The summed E-state index contributed by atoms with van der Waals surface area (Å²) in [4.78, 5) is 50.5. The average Bonchev–Trinajstić information content (AvgIpc) is 3.35. The molecule has 1 aliphatic carbocycles. The van der Waals surface area contributed by atoms with Gasteiger partial charge in [-0.15, -0.1) is 0 Å². The molecule has 1 saturated carbocycles. The van der Waals surface area contributed by atoms with Crippen LogP contribution in [0.4, 0.5) is 0 Å². The van der Waals surface area contributed by atoms with Crippen LogP contribution in [-0.4, -0.2) is 41.2 Å². The van der Waals surface area contributed by atoms with Gasteiger partial charge < -0.3 is 10.1 Å². The van der Waals surface area contributed by atoms with E-state index in [4.69, 9.17) is 4.74 Å². The number of hydrogen-bond acceptors (Lipinski definition) is 5. The molecular formula is C23H22N2O5. The van der Waals surface area contributed by atoms with Gasteiger partial charge in [0.15, 0.2) is 6.61 Å². The summed E-state index contributed by atoms with van der Waals surface area (Å²) in [7, 11) is 0. The quantitative estimate of drug-likeness (QED) is 0.588. The van der Waals surface area contributed by atoms with Crippen LogP contribution in [0.1, 0.15) is 62.3 Å². The Hall–Kier alpha value is -3.48. The van der Waals surface area contributed by atoms with E-state index in [2.05, 4.69) is 5.32 Å². The summed E-state index contributed by atoms with van der Waals surface area (Å²) in [5, 5.41) is 2.87. The molecule has 1 aliphatic heterocycles. The number of amides is 3. The minimum atomic E-state index is -0.624. The Morgan fingerprint density at radius 1 is 0.967 bits per heavy atom. The van der Waals surface area contributed by atoms with E-state index in [0.717, 1.165) is 30.6 Å². The van der Waals surface area contributed by atoms with Crippen LogP contribution in [0, 0.1) is 0 Å². The van der Waals surface area contributed by atoms with Gasteiger partial charge in [0.2, 0.25) is 0 Å². The van der Waals surface area contributed by atoms with E-state index >= 15 is 0 Å². The third kappa shape index (κ3) is 4.10. The number of imide groups is 1. The Bertz CT molecular complexity index is 975. The van der Waals surface area contributed by atoms with Crippen LogP contribution in [0.3, 0.4) is 0 Å². The first-order valence-corrected chi connectivity index (χ1v) is 10.0. The topological polar surface area (TPSA) is 92.8 Å². The first-order chi connectivity index (χ1) is 14.5. The van der Waals surface area contributed by atoms with Crippen LogP contribution in [0.15, 0.2) is 48.5 Å². The standard InChI is InChI=1S/C23H22N2O5/c26-20(24-17-8-1-2-9-17)14-30-23(29)16-7-5-6-15(12-16)13-25-21(27)18-10-3-4-11-19(18)22(25)28/h3-7,10-12,17H,1-2,8-9,13-14H2,(H,24,26). The van der Waals surface area contributed by atoms with Crippen molar-refractivity contribution in [3.8, 4) is 0 Å². The van der Waals surface area contributed by atoms with Crippen molar-refractivity contribution in [1.29, 1.82) is 0 Å². The third-order valence-electron chi connectivity index (χ3n) is 5.44. The van der Waals surface area contributed by atoms with Crippen LogP contribution in [0.2, 0.25) is 0 Å². The van der Waals surface area contributed by atoms with Crippen molar-refractivity contribution in [3.63, 3.8) is 0 Å². The second kappa shape index (κ2) is 8.49. The molecular weight excluding hydrogens is 384 g/mol. The summed E-state index contributed by atoms with van der Waals surface area (Å²) in [6.07, 6.45) is 4.12. The van der Waals surface area contributed by atoms with Gasteiger partial charge in [-0.2, -0.15) is 0 Å². The largest absolute Gasteiger partial charge is 0.452 e. The van der Waals surface area contributed by atoms with Crippen molar-refractivity contribution in [3.05, 3.63) is 70.8 Å². The van der Waals surface area contributed by atoms with E-state index in [9.17, 15) is 19.2 Å². The summed E-state index contributed by atoms with van der Waals surface area (Å²) in [5.41, 5.74) is 1.64. The van der Waals surface area contributed by atoms with E-state index in [1.165, 1.54) is 0 Å². The number of nitrogens with one attached hydrogen (secondary N) is 1. The van der Waals surface area contributed by atoms with Crippen molar-refractivity contribution < 1.29 is 23.9 Å². The van der Waals surface area contributed by atoms with Gasteiger partial charge in [0, 0.05) is 6.04 Å². The number of carbonyl (C=O) groups excluding carboxylic acids is 4. The Kier molecular flexibility index (Phi) is 5.61. The van der Waals surface area contributed by atoms with Crippen molar-refractivity contribution in [1.82, 2.24) is 10.2 Å². The summed E-state index contributed by atoms with van der Waals surface area (Å²) in [5.74, 6) is -1.64. The molecule has 2 aromatic rings. The molecule has 1 heterocycles. The predicted octanol–water partition coefficient (Wildman–Crippen LogP) is 2.70. The lowest BCUT2D eigenvalue weighted by molar-refractivity contribution is -0.124. The second-order valence-corrected chi connectivity index (χ2v) is 7.57. The summed E-state index contributed by atoms with van der Waals surface area (Å²) in [6, 6.07) is 13.4. The molecule has 2 aromatic carbocycles. The number of rotatable bonds is 6. The Labute approximate surface area is 174 Å². The zero-order valence-corrected chi connectivity index (χ0v) is 16.4. The van der Waals surface area contributed by atoms with Crippen molar-refractivity contribution >= 4 is 23.7 Å². The number of nitrogens with zero attached hydrogens (tertiary/aromatic N) is 1. The molecule has 7 nitrogen and oxygen atoms in total. The van der Waals surface area contributed by atoms with E-state index in [0.29, 0.717) is 16.7 Å². The lowest BCUT2D eigenvalue weighted by atomic mass is 10.1. The fourth-order valence-electron chi connectivity index (χ4n) is 3.92. The van der Waals surface area contributed by atoms with Gasteiger partial charge in [-0.1, -0.05) is 37.1 Å². The first kappa shape index (κ1) is 19.8. The van der Waals surface area contributed by atoms with Crippen LogP contribution >= 0.6 is 0 Å². The maximum atomic E-state index is 12.5. The molecule has 0 bridgehead atoms. The van der Waals surface area contributed by atoms with Crippen molar-refractivity contribution in [2.75, 3.05) is 6.61 Å². The lowest BCUT2D eigenvalue weighted by Gasteiger charge is -2.15. The smallest absolute Gasteiger partial charge is 0.338 e. The molecule has 1 fully saturated rings. The molecule has 154 valence electrons. The minimum absolute atomic E-state index is 0.0512. The first-order valence-electron chi connectivity index (χ1n) is 10.0. The molecule has 0 saturated heterocycles. The second-order valence-electron chi connectivity index (χ2n) is 7.57. The average molecular weight is 406 g/mol. The normalized spacial score (nSPS) is 15.9. The van der Waals surface area contributed by atoms with Gasteiger partial charge in [0.05, 0.1) is 23.2 Å². The van der Waals surface area contributed by atoms with Crippen LogP contribution in [0.25, 0.3) is 0 Å². The molecule has 0 unspecified atom stereocenters. The summed E-state index contributed by atoms with van der Waals surface area (Å²) in [6.45, 7) is -0.284. The molecule has 4 rings (SSSR count). The SMILES string of the molecule is O=C(COC(=O)c1cccc(CN2C(=O)c3ccccc3C2=O)c1)NC1CCCC1. The van der Waals surface area contributed by atoms with E-state index < -0.39 is 5.97 Å². The predicted molar refractivity (Wildman–Crippen MR) is 108 cm³/mol. The van der Waals surface area contributed by atoms with Gasteiger partial charge >= 0.3 is 5.97 Å². The monoisotopic (exact) mass is 406 g/mol. The van der Waals surface area contributed by atoms with Gasteiger partial charge in [-0.05, 0) is 42.7 Å². The summed E-state index contributed by atoms with van der Waals surface area (Å²) >= 11 is 0. The van der Waals surface area contributed by atoms with E-state index in [1.54, 1.807) is 48.5 Å². The molecule has 2 aliphatic rings. The molecule has 0 spiro atoms. The maximum absolute atomic E-state index is 12.5. The lowest BCUT2D eigenvalue weighted by Crippen LogP contribution is -2.35. The van der Waals surface area contributed by atoms with Gasteiger partial charge in [0.1, 0.15) is 0 Å². The van der Waals surface area contributed by atoms with Gasteiger partial charge in [-0.25, -0.2) is 4.79 Å². The molecule has 7 heteroatoms. The third-order valence-corrected chi connectivity index (χ3v) is 5.44. The van der Waals surface area contributed by atoms with Crippen LogP contribution in [0.5, 0.6) is 0 Å². The molecule has 0 radical (unpaired) electrons. The van der Waals surface area contributed by atoms with Gasteiger partial charge in [0.25, 0.3) is 17.7 Å². The number of hydrogen-bond donors (Lipinski definition) is 1. The van der Waals surface area contributed by atoms with E-state index in [1.807, 2.05) is 0 Å². The van der Waals surface area contributed by atoms with E-state index in [-0.39, 0.29) is 42.5 Å². The number of ether oxygens (including phenoxy) is 1. The summed E-state index contributed by atoms with van der Waals surface area (Å²) < 4.78 is 5.12. The molecule has 1 N–H and O–H groups in total. The number of esters is 1.